The average Bonchev–Trinajstić information content (AvgIpc) is 3.30. The van der Waals surface area contributed by atoms with Crippen molar-refractivity contribution in [1.82, 2.24) is 36.0 Å². The lowest BCUT2D eigenvalue weighted by Gasteiger charge is -2.07. The Labute approximate surface area is 153 Å². The second kappa shape index (κ2) is 7.83. The van der Waals surface area contributed by atoms with Gasteiger partial charge in [0.1, 0.15) is 11.2 Å². The number of carbonyl (C=O) groups excluding carboxylic acids is 2. The van der Waals surface area contributed by atoms with Crippen molar-refractivity contribution in [2.75, 3.05) is 0 Å². The van der Waals surface area contributed by atoms with Gasteiger partial charge in [-0.2, -0.15) is 0 Å². The van der Waals surface area contributed by atoms with Gasteiger partial charge in [-0.3, -0.25) is 20.4 Å². The lowest BCUT2D eigenvalue weighted by molar-refractivity contribution is 0.0848. The molecule has 0 bridgehead atoms. The summed E-state index contributed by atoms with van der Waals surface area (Å²) in [5.41, 5.74) is 6.63. The zero-order valence-electron chi connectivity index (χ0n) is 14.3. The lowest BCUT2D eigenvalue weighted by atomic mass is 10.2. The molecule has 134 valence electrons. The van der Waals surface area contributed by atoms with E-state index in [9.17, 15) is 9.59 Å². The quantitative estimate of drug-likeness (QED) is 0.656. The van der Waals surface area contributed by atoms with Crippen LogP contribution in [0.5, 0.6) is 0 Å². The van der Waals surface area contributed by atoms with E-state index in [-0.39, 0.29) is 5.91 Å². The molecule has 0 fully saturated rings. The van der Waals surface area contributed by atoms with E-state index in [2.05, 4.69) is 38.3 Å². The van der Waals surface area contributed by atoms with Gasteiger partial charge in [-0.05, 0) is 54.5 Å². The van der Waals surface area contributed by atoms with Gasteiger partial charge in [-0.1, -0.05) is 6.92 Å². The number of rotatable bonds is 5. The van der Waals surface area contributed by atoms with Gasteiger partial charge in [0.2, 0.25) is 0 Å². The van der Waals surface area contributed by atoms with Crippen molar-refractivity contribution in [3.63, 3.8) is 0 Å². The maximum Gasteiger partial charge on any atom is 0.281 e. The predicted octanol–water partition coefficient (Wildman–Crippen LogP) is 1.45. The van der Waals surface area contributed by atoms with Crippen LogP contribution in [0.2, 0.25) is 0 Å². The summed E-state index contributed by atoms with van der Waals surface area (Å²) in [5.74, 6) is -0.793. The van der Waals surface area contributed by atoms with E-state index < -0.39 is 5.91 Å². The summed E-state index contributed by atoms with van der Waals surface area (Å²) in [5, 5.41) is 11.8. The van der Waals surface area contributed by atoms with Crippen LogP contribution in [0.15, 0.2) is 30.6 Å². The average molecular weight is 371 g/mol. The topological polar surface area (TPSA) is 115 Å². The molecule has 2 aromatic heterocycles. The maximum atomic E-state index is 12.2. The van der Waals surface area contributed by atoms with Crippen LogP contribution in [0.1, 0.15) is 44.1 Å². The molecule has 0 aliphatic rings. The van der Waals surface area contributed by atoms with Gasteiger partial charge in [-0.15, -0.1) is 16.4 Å². The van der Waals surface area contributed by atoms with Crippen LogP contribution in [0.3, 0.4) is 0 Å². The first-order valence-corrected chi connectivity index (χ1v) is 8.80. The number of benzene rings is 1. The molecule has 2 amide bonds. The summed E-state index contributed by atoms with van der Waals surface area (Å²) < 4.78 is 1.48. The molecular formula is C16H17N7O2S. The Hall–Kier alpha value is -3.14. The number of hydrazine groups is 1. The molecule has 3 aromatic rings. The van der Waals surface area contributed by atoms with Crippen molar-refractivity contribution in [3.8, 4) is 5.69 Å². The van der Waals surface area contributed by atoms with Gasteiger partial charge in [-0.25, -0.2) is 9.67 Å². The zero-order valence-corrected chi connectivity index (χ0v) is 15.1. The van der Waals surface area contributed by atoms with Crippen LogP contribution in [-0.2, 0) is 6.42 Å². The third-order valence-corrected chi connectivity index (χ3v) is 4.76. The normalized spacial score (nSPS) is 10.5. The van der Waals surface area contributed by atoms with Crippen molar-refractivity contribution in [1.29, 1.82) is 0 Å². The predicted molar refractivity (Wildman–Crippen MR) is 94.9 cm³/mol. The fraction of sp³-hybridized carbons (Fsp3) is 0.250. The standard InChI is InChI=1S/C16H17N7O2S/c1-3-4-13-18-10(2)14(26-13)16(25)20-19-15(24)11-5-7-12(8-6-11)23-9-17-21-22-23/h5-9H,3-4H2,1-2H3,(H,19,24)(H,20,25). The molecule has 2 N–H and O–H groups in total. The molecule has 0 radical (unpaired) electrons. The highest BCUT2D eigenvalue weighted by Gasteiger charge is 2.16. The number of hydrogen-bond acceptors (Lipinski definition) is 7. The minimum absolute atomic E-state index is 0.374. The first-order chi connectivity index (χ1) is 12.6. The monoisotopic (exact) mass is 371 g/mol. The van der Waals surface area contributed by atoms with Crippen molar-refractivity contribution < 1.29 is 9.59 Å². The van der Waals surface area contributed by atoms with Gasteiger partial charge in [0.05, 0.1) is 16.4 Å². The largest absolute Gasteiger partial charge is 0.281 e. The third-order valence-electron chi connectivity index (χ3n) is 3.54. The van der Waals surface area contributed by atoms with Crippen LogP contribution in [-0.4, -0.2) is 37.0 Å². The molecule has 10 heteroatoms. The minimum atomic E-state index is -0.419. The number of thiazole rings is 1. The Bertz CT molecular complexity index is 903. The van der Waals surface area contributed by atoms with E-state index in [0.717, 1.165) is 23.5 Å². The summed E-state index contributed by atoms with van der Waals surface area (Å²) in [6, 6.07) is 6.65. The fourth-order valence-electron chi connectivity index (χ4n) is 2.27. The first-order valence-electron chi connectivity index (χ1n) is 7.99. The summed E-state index contributed by atoms with van der Waals surface area (Å²) in [4.78, 5) is 29.3. The number of nitrogens with zero attached hydrogens (tertiary/aromatic N) is 5. The second-order valence-electron chi connectivity index (χ2n) is 5.48. The lowest BCUT2D eigenvalue weighted by Crippen LogP contribution is -2.41. The van der Waals surface area contributed by atoms with Crippen LogP contribution in [0.4, 0.5) is 0 Å². The van der Waals surface area contributed by atoms with Crippen molar-refractivity contribution in [2.45, 2.75) is 26.7 Å². The number of nitrogens with one attached hydrogen (secondary N) is 2. The molecule has 0 aliphatic heterocycles. The van der Waals surface area contributed by atoms with Crippen LogP contribution in [0.25, 0.3) is 5.69 Å². The summed E-state index contributed by atoms with van der Waals surface area (Å²) >= 11 is 1.34. The second-order valence-corrected chi connectivity index (χ2v) is 6.57. The molecular weight excluding hydrogens is 354 g/mol. The van der Waals surface area contributed by atoms with Gasteiger partial charge in [0, 0.05) is 5.56 Å². The van der Waals surface area contributed by atoms with E-state index in [1.54, 1.807) is 31.2 Å². The Morgan fingerprint density at radius 3 is 2.54 bits per heavy atom. The maximum absolute atomic E-state index is 12.2. The molecule has 0 aliphatic carbocycles. The smallest absolute Gasteiger partial charge is 0.267 e. The SMILES string of the molecule is CCCc1nc(C)c(C(=O)NNC(=O)c2ccc(-n3cnnn3)cc2)s1. The molecule has 2 heterocycles. The molecule has 0 spiro atoms. The Balaban J connectivity index is 1.60. The number of hydrogen-bond donors (Lipinski definition) is 2. The Kier molecular flexibility index (Phi) is 5.32. The number of carbonyl (C=O) groups is 2. The van der Waals surface area contributed by atoms with E-state index in [4.69, 9.17) is 0 Å². The van der Waals surface area contributed by atoms with Crippen LogP contribution >= 0.6 is 11.3 Å². The molecule has 9 nitrogen and oxygen atoms in total. The number of amides is 2. The van der Waals surface area contributed by atoms with Crippen molar-refractivity contribution >= 4 is 23.2 Å². The summed E-state index contributed by atoms with van der Waals surface area (Å²) in [7, 11) is 0. The van der Waals surface area contributed by atoms with Crippen LogP contribution in [0, 0.1) is 6.92 Å². The van der Waals surface area contributed by atoms with Gasteiger partial charge < -0.3 is 0 Å². The Morgan fingerprint density at radius 2 is 1.88 bits per heavy atom. The molecule has 0 saturated carbocycles. The van der Waals surface area contributed by atoms with E-state index in [1.807, 2.05) is 0 Å². The third kappa shape index (κ3) is 3.91. The fourth-order valence-corrected chi connectivity index (χ4v) is 3.33. The molecule has 0 saturated heterocycles. The highest BCUT2D eigenvalue weighted by atomic mass is 32.1. The zero-order chi connectivity index (χ0) is 18.5. The number of tetrazole rings is 1. The summed E-state index contributed by atoms with van der Waals surface area (Å²) in [6.07, 6.45) is 3.25. The summed E-state index contributed by atoms with van der Waals surface area (Å²) in [6.45, 7) is 3.84. The molecule has 3 rings (SSSR count). The van der Waals surface area contributed by atoms with Crippen LogP contribution < -0.4 is 10.9 Å². The van der Waals surface area contributed by atoms with Gasteiger partial charge >= 0.3 is 0 Å². The van der Waals surface area contributed by atoms with Gasteiger partial charge in [0.25, 0.3) is 11.8 Å². The number of aryl methyl sites for hydroxylation is 2. The molecule has 0 atom stereocenters. The highest BCUT2D eigenvalue weighted by Crippen LogP contribution is 2.19. The van der Waals surface area contributed by atoms with Crippen molar-refractivity contribution in [3.05, 3.63) is 51.7 Å². The minimum Gasteiger partial charge on any atom is -0.267 e. The van der Waals surface area contributed by atoms with Gasteiger partial charge in [0.15, 0.2) is 0 Å². The number of aromatic nitrogens is 5. The van der Waals surface area contributed by atoms with E-state index in [0.29, 0.717) is 16.1 Å². The molecule has 1 aromatic carbocycles. The first kappa shape index (κ1) is 17.7. The Morgan fingerprint density at radius 1 is 1.15 bits per heavy atom. The van der Waals surface area contributed by atoms with E-state index >= 15 is 0 Å². The highest BCUT2D eigenvalue weighted by molar-refractivity contribution is 7.13. The molecule has 0 unspecified atom stereocenters. The molecule has 26 heavy (non-hydrogen) atoms. The van der Waals surface area contributed by atoms with E-state index in [1.165, 1.54) is 22.3 Å². The van der Waals surface area contributed by atoms with Crippen molar-refractivity contribution in [2.24, 2.45) is 0 Å².